The molecule has 0 fully saturated rings. The van der Waals surface area contributed by atoms with Crippen molar-refractivity contribution in [2.45, 2.75) is 11.3 Å². The lowest BCUT2D eigenvalue weighted by Gasteiger charge is -2.07. The summed E-state index contributed by atoms with van der Waals surface area (Å²) in [5.74, 6) is 0.790. The highest BCUT2D eigenvalue weighted by Crippen LogP contribution is 2.12. The zero-order valence-corrected chi connectivity index (χ0v) is 12.1. The maximum Gasteiger partial charge on any atom is 0.240 e. The van der Waals surface area contributed by atoms with Crippen LogP contribution in [0.15, 0.2) is 59.5 Å². The summed E-state index contributed by atoms with van der Waals surface area (Å²) in [6.45, 7) is 0.365. The van der Waals surface area contributed by atoms with Crippen molar-refractivity contribution < 1.29 is 13.2 Å². The Balaban J connectivity index is 1.92. The molecule has 20 heavy (non-hydrogen) atoms. The van der Waals surface area contributed by atoms with E-state index in [4.69, 9.17) is 4.74 Å². The molecule has 0 atom stereocenters. The van der Waals surface area contributed by atoms with Gasteiger partial charge in [-0.25, -0.2) is 13.1 Å². The molecule has 2 aromatic rings. The Morgan fingerprint density at radius 2 is 1.65 bits per heavy atom. The first kappa shape index (κ1) is 14.6. The smallest absolute Gasteiger partial charge is 0.240 e. The van der Waals surface area contributed by atoms with E-state index in [0.717, 1.165) is 11.3 Å². The fraction of sp³-hybridized carbons (Fsp3) is 0.200. The van der Waals surface area contributed by atoms with Crippen molar-refractivity contribution in [1.29, 1.82) is 0 Å². The second-order valence-electron chi connectivity index (χ2n) is 4.31. The Morgan fingerprint density at radius 3 is 2.25 bits per heavy atom. The lowest BCUT2D eigenvalue weighted by atomic mass is 10.1. The first-order chi connectivity index (χ1) is 9.62. The van der Waals surface area contributed by atoms with Crippen LogP contribution in [-0.2, 0) is 16.4 Å². The highest BCUT2D eigenvalue weighted by Gasteiger charge is 2.11. The molecule has 0 aliphatic carbocycles. The number of benzene rings is 2. The van der Waals surface area contributed by atoms with Crippen LogP contribution in [0.3, 0.4) is 0 Å². The molecule has 0 radical (unpaired) electrons. The summed E-state index contributed by atoms with van der Waals surface area (Å²) < 4.78 is 31.7. The van der Waals surface area contributed by atoms with Crippen LogP contribution < -0.4 is 9.46 Å². The lowest BCUT2D eigenvalue weighted by molar-refractivity contribution is 0.414. The van der Waals surface area contributed by atoms with E-state index < -0.39 is 10.0 Å². The number of rotatable bonds is 6. The molecule has 0 spiro atoms. The maximum atomic E-state index is 12.0. The first-order valence-electron chi connectivity index (χ1n) is 6.29. The minimum Gasteiger partial charge on any atom is -0.497 e. The van der Waals surface area contributed by atoms with Gasteiger partial charge in [0.15, 0.2) is 0 Å². The third-order valence-electron chi connectivity index (χ3n) is 2.92. The van der Waals surface area contributed by atoms with Crippen molar-refractivity contribution in [3.8, 4) is 5.75 Å². The van der Waals surface area contributed by atoms with Gasteiger partial charge in [0.05, 0.1) is 12.0 Å². The molecule has 2 aromatic carbocycles. The largest absolute Gasteiger partial charge is 0.497 e. The molecule has 0 amide bonds. The van der Waals surface area contributed by atoms with Gasteiger partial charge in [0, 0.05) is 6.54 Å². The molecular formula is C15H17NO3S. The Bertz CT molecular complexity index is 637. The van der Waals surface area contributed by atoms with Crippen molar-refractivity contribution in [2.75, 3.05) is 13.7 Å². The Labute approximate surface area is 119 Å². The molecule has 0 aliphatic heterocycles. The van der Waals surface area contributed by atoms with Crippen molar-refractivity contribution in [1.82, 2.24) is 4.72 Å². The molecule has 0 unspecified atom stereocenters. The van der Waals surface area contributed by atoms with Crippen LogP contribution in [0, 0.1) is 0 Å². The summed E-state index contributed by atoms with van der Waals surface area (Å²) in [5, 5.41) is 0. The van der Waals surface area contributed by atoms with Crippen LogP contribution in [0.1, 0.15) is 5.56 Å². The number of ether oxygens (including phenoxy) is 1. The monoisotopic (exact) mass is 291 g/mol. The predicted octanol–water partition coefficient (Wildman–Crippen LogP) is 2.22. The van der Waals surface area contributed by atoms with E-state index >= 15 is 0 Å². The van der Waals surface area contributed by atoms with E-state index in [-0.39, 0.29) is 4.90 Å². The van der Waals surface area contributed by atoms with Gasteiger partial charge in [-0.2, -0.15) is 0 Å². The molecule has 0 heterocycles. The fourth-order valence-electron chi connectivity index (χ4n) is 1.80. The van der Waals surface area contributed by atoms with Gasteiger partial charge in [0.1, 0.15) is 5.75 Å². The molecule has 0 bridgehead atoms. The average Bonchev–Trinajstić information content (AvgIpc) is 2.49. The quantitative estimate of drug-likeness (QED) is 0.888. The van der Waals surface area contributed by atoms with E-state index in [1.807, 2.05) is 24.3 Å². The van der Waals surface area contributed by atoms with Gasteiger partial charge in [0.2, 0.25) is 10.0 Å². The van der Waals surface area contributed by atoms with E-state index in [1.165, 1.54) is 0 Å². The number of hydrogen-bond donors (Lipinski definition) is 1. The SMILES string of the molecule is COc1ccc(CCNS(=O)(=O)c2ccccc2)cc1. The number of nitrogens with one attached hydrogen (secondary N) is 1. The predicted molar refractivity (Wildman–Crippen MR) is 78.3 cm³/mol. The summed E-state index contributed by atoms with van der Waals surface area (Å²) in [6.07, 6.45) is 0.635. The highest BCUT2D eigenvalue weighted by atomic mass is 32.2. The summed E-state index contributed by atoms with van der Waals surface area (Å²) in [5.41, 5.74) is 1.06. The van der Waals surface area contributed by atoms with E-state index in [2.05, 4.69) is 4.72 Å². The van der Waals surface area contributed by atoms with Gasteiger partial charge in [0.25, 0.3) is 0 Å². The number of sulfonamides is 1. The Morgan fingerprint density at radius 1 is 1.00 bits per heavy atom. The molecule has 0 aliphatic rings. The molecule has 0 saturated carbocycles. The topological polar surface area (TPSA) is 55.4 Å². The van der Waals surface area contributed by atoms with Gasteiger partial charge in [-0.3, -0.25) is 0 Å². The summed E-state index contributed by atoms with van der Waals surface area (Å²) >= 11 is 0. The van der Waals surface area contributed by atoms with Crippen molar-refractivity contribution in [3.63, 3.8) is 0 Å². The maximum absolute atomic E-state index is 12.0. The second kappa shape index (κ2) is 6.54. The van der Waals surface area contributed by atoms with Gasteiger partial charge in [-0.05, 0) is 36.2 Å². The van der Waals surface area contributed by atoms with Crippen LogP contribution in [0.2, 0.25) is 0 Å². The average molecular weight is 291 g/mol. The van der Waals surface area contributed by atoms with E-state index in [1.54, 1.807) is 37.4 Å². The molecule has 2 rings (SSSR count). The zero-order valence-electron chi connectivity index (χ0n) is 11.2. The van der Waals surface area contributed by atoms with Gasteiger partial charge >= 0.3 is 0 Å². The van der Waals surface area contributed by atoms with Gasteiger partial charge in [-0.15, -0.1) is 0 Å². The molecule has 1 N–H and O–H groups in total. The minimum absolute atomic E-state index is 0.287. The molecule has 0 aromatic heterocycles. The van der Waals surface area contributed by atoms with Crippen molar-refractivity contribution in [2.24, 2.45) is 0 Å². The van der Waals surface area contributed by atoms with Gasteiger partial charge in [-0.1, -0.05) is 30.3 Å². The van der Waals surface area contributed by atoms with Crippen LogP contribution in [0.25, 0.3) is 0 Å². The normalized spacial score (nSPS) is 11.2. The molecular weight excluding hydrogens is 274 g/mol. The minimum atomic E-state index is -3.42. The zero-order chi connectivity index (χ0) is 14.4. The highest BCUT2D eigenvalue weighted by molar-refractivity contribution is 7.89. The molecule has 5 heteroatoms. The van der Waals surface area contributed by atoms with E-state index in [0.29, 0.717) is 13.0 Å². The summed E-state index contributed by atoms with van der Waals surface area (Å²) in [7, 11) is -1.80. The fourth-order valence-corrected chi connectivity index (χ4v) is 2.86. The van der Waals surface area contributed by atoms with Gasteiger partial charge < -0.3 is 4.74 Å². The third kappa shape index (κ3) is 3.82. The second-order valence-corrected chi connectivity index (χ2v) is 6.08. The first-order valence-corrected chi connectivity index (χ1v) is 7.78. The van der Waals surface area contributed by atoms with E-state index in [9.17, 15) is 8.42 Å². The Kier molecular flexibility index (Phi) is 4.76. The third-order valence-corrected chi connectivity index (χ3v) is 4.40. The van der Waals surface area contributed by atoms with Crippen LogP contribution in [0.5, 0.6) is 5.75 Å². The van der Waals surface area contributed by atoms with Crippen LogP contribution >= 0.6 is 0 Å². The Hall–Kier alpha value is -1.85. The standard InChI is InChI=1S/C15H17NO3S/c1-19-14-9-7-13(8-10-14)11-12-16-20(17,18)15-5-3-2-4-6-15/h2-10,16H,11-12H2,1H3. The molecule has 0 saturated heterocycles. The van der Waals surface area contributed by atoms with Crippen molar-refractivity contribution >= 4 is 10.0 Å². The summed E-state index contributed by atoms with van der Waals surface area (Å²) in [4.78, 5) is 0.287. The number of methoxy groups -OCH3 is 1. The van der Waals surface area contributed by atoms with Crippen LogP contribution in [0.4, 0.5) is 0 Å². The lowest BCUT2D eigenvalue weighted by Crippen LogP contribution is -2.25. The number of hydrogen-bond acceptors (Lipinski definition) is 3. The molecule has 106 valence electrons. The summed E-state index contributed by atoms with van der Waals surface area (Å²) in [6, 6.07) is 15.9. The van der Waals surface area contributed by atoms with Crippen LogP contribution in [-0.4, -0.2) is 22.1 Å². The molecule has 4 nitrogen and oxygen atoms in total. The van der Waals surface area contributed by atoms with Crippen molar-refractivity contribution in [3.05, 3.63) is 60.2 Å².